The minimum absolute atomic E-state index is 0.000500. The van der Waals surface area contributed by atoms with Crippen molar-refractivity contribution in [2.75, 3.05) is 6.61 Å². The largest absolute Gasteiger partial charge is 0.396 e. The fraction of sp³-hybridized carbons (Fsp3) is 0.526. The number of hydrogen-bond acceptors (Lipinski definition) is 4. The van der Waals surface area contributed by atoms with Crippen LogP contribution in [0.2, 0.25) is 0 Å². The molecule has 3 atom stereocenters. The maximum absolute atomic E-state index is 13.4. The van der Waals surface area contributed by atoms with Crippen LogP contribution in [0.15, 0.2) is 41.4 Å². The number of aromatic nitrogens is 2. The number of aliphatic hydroxyl groups is 1. The van der Waals surface area contributed by atoms with E-state index in [1.807, 2.05) is 30.3 Å². The van der Waals surface area contributed by atoms with Gasteiger partial charge in [0.05, 0.1) is 12.3 Å². The zero-order chi connectivity index (χ0) is 18.5. The fourth-order valence-electron chi connectivity index (χ4n) is 4.95. The van der Waals surface area contributed by atoms with Crippen LogP contribution in [-0.2, 0) is 23.5 Å². The number of benzene rings is 1. The van der Waals surface area contributed by atoms with Crippen molar-refractivity contribution in [3.05, 3.63) is 47.7 Å². The Morgan fingerprint density at radius 1 is 1.27 bits per heavy atom. The Bertz CT molecular complexity index is 909. The maximum Gasteiger partial charge on any atom is 0.260 e. The van der Waals surface area contributed by atoms with E-state index in [4.69, 9.17) is 0 Å². The van der Waals surface area contributed by atoms with Gasteiger partial charge in [0.15, 0.2) is 5.03 Å². The molecule has 0 radical (unpaired) electrons. The summed E-state index contributed by atoms with van der Waals surface area (Å²) in [5.74, 6) is 0. The van der Waals surface area contributed by atoms with Gasteiger partial charge in [0.1, 0.15) is 0 Å². The van der Waals surface area contributed by atoms with E-state index in [1.54, 1.807) is 24.3 Å². The number of fused-ring (bicyclic) bond motifs is 2. The van der Waals surface area contributed by atoms with E-state index in [2.05, 4.69) is 5.10 Å². The van der Waals surface area contributed by atoms with Crippen LogP contribution < -0.4 is 0 Å². The molecule has 2 aromatic rings. The molecule has 7 heteroatoms. The highest BCUT2D eigenvalue weighted by molar-refractivity contribution is 7.89. The zero-order valence-corrected chi connectivity index (χ0v) is 16.0. The SMILES string of the molecule is Cc1cc(S(=O)(=O)N2[C@H]3CC[C@@H]2[C@@](CO)(Cc2ccccc2)C3)n(C)n1. The molecule has 2 aliphatic rings. The van der Waals surface area contributed by atoms with Crippen LogP contribution in [0.1, 0.15) is 30.5 Å². The Balaban J connectivity index is 1.70. The van der Waals surface area contributed by atoms with Crippen molar-refractivity contribution in [2.45, 2.75) is 49.7 Å². The first kappa shape index (κ1) is 17.7. The Morgan fingerprint density at radius 3 is 2.62 bits per heavy atom. The Kier molecular flexibility index (Phi) is 4.21. The van der Waals surface area contributed by atoms with Gasteiger partial charge in [-0.2, -0.15) is 9.40 Å². The molecule has 3 heterocycles. The summed E-state index contributed by atoms with van der Waals surface area (Å²) in [7, 11) is -1.97. The van der Waals surface area contributed by atoms with Crippen molar-refractivity contribution in [1.82, 2.24) is 14.1 Å². The smallest absolute Gasteiger partial charge is 0.260 e. The molecule has 140 valence electrons. The molecule has 4 rings (SSSR count). The molecule has 0 aliphatic carbocycles. The Morgan fingerprint density at radius 2 is 2.00 bits per heavy atom. The molecule has 2 aliphatic heterocycles. The van der Waals surface area contributed by atoms with Gasteiger partial charge in [-0.3, -0.25) is 4.68 Å². The van der Waals surface area contributed by atoms with Crippen molar-refractivity contribution in [2.24, 2.45) is 12.5 Å². The maximum atomic E-state index is 13.4. The highest BCUT2D eigenvalue weighted by atomic mass is 32.2. The van der Waals surface area contributed by atoms with E-state index >= 15 is 0 Å². The van der Waals surface area contributed by atoms with Crippen LogP contribution in [0, 0.1) is 12.3 Å². The number of sulfonamides is 1. The van der Waals surface area contributed by atoms with E-state index in [0.717, 1.165) is 18.4 Å². The molecular weight excluding hydrogens is 350 g/mol. The normalized spacial score (nSPS) is 28.7. The van der Waals surface area contributed by atoms with Gasteiger partial charge in [0, 0.05) is 24.5 Å². The fourth-order valence-corrected chi connectivity index (χ4v) is 7.10. The lowest BCUT2D eigenvalue weighted by Crippen LogP contribution is -2.44. The number of nitrogens with zero attached hydrogens (tertiary/aromatic N) is 3. The minimum atomic E-state index is -3.64. The van der Waals surface area contributed by atoms with Crippen LogP contribution in [-0.4, -0.2) is 46.3 Å². The quantitative estimate of drug-likeness (QED) is 0.866. The van der Waals surface area contributed by atoms with E-state index in [0.29, 0.717) is 18.5 Å². The molecule has 0 saturated carbocycles. The van der Waals surface area contributed by atoms with Gasteiger partial charge in [-0.25, -0.2) is 8.42 Å². The molecular formula is C19H25N3O3S. The average Bonchev–Trinajstić information content (AvgIpc) is 3.27. The van der Waals surface area contributed by atoms with Gasteiger partial charge in [-0.05, 0) is 44.2 Å². The topological polar surface area (TPSA) is 75.4 Å². The molecule has 0 amide bonds. The summed E-state index contributed by atoms with van der Waals surface area (Å²) in [6.45, 7) is 1.80. The number of aliphatic hydroxyl groups excluding tert-OH is 1. The van der Waals surface area contributed by atoms with Crippen molar-refractivity contribution < 1.29 is 13.5 Å². The lowest BCUT2D eigenvalue weighted by molar-refractivity contribution is 0.0888. The highest BCUT2D eigenvalue weighted by Crippen LogP contribution is 2.53. The number of hydrogen-bond donors (Lipinski definition) is 1. The van der Waals surface area contributed by atoms with Crippen LogP contribution in [0.25, 0.3) is 0 Å². The third-order valence-corrected chi connectivity index (χ3v) is 8.02. The highest BCUT2D eigenvalue weighted by Gasteiger charge is 2.59. The number of rotatable bonds is 5. The predicted molar refractivity (Wildman–Crippen MR) is 98.1 cm³/mol. The Hall–Kier alpha value is -1.70. The second-order valence-electron chi connectivity index (χ2n) is 7.72. The van der Waals surface area contributed by atoms with E-state index in [-0.39, 0.29) is 23.7 Å². The third kappa shape index (κ3) is 2.61. The van der Waals surface area contributed by atoms with E-state index in [9.17, 15) is 13.5 Å². The molecule has 6 nitrogen and oxygen atoms in total. The first-order valence-corrected chi connectivity index (χ1v) is 10.5. The van der Waals surface area contributed by atoms with Gasteiger partial charge in [0.2, 0.25) is 0 Å². The van der Waals surface area contributed by atoms with Crippen LogP contribution in [0.3, 0.4) is 0 Å². The molecule has 1 aromatic heterocycles. The van der Waals surface area contributed by atoms with Crippen molar-refractivity contribution in [1.29, 1.82) is 0 Å². The second kappa shape index (κ2) is 6.18. The van der Waals surface area contributed by atoms with Gasteiger partial charge in [0.25, 0.3) is 10.0 Å². The van der Waals surface area contributed by atoms with Crippen molar-refractivity contribution in [3.8, 4) is 0 Å². The van der Waals surface area contributed by atoms with Crippen molar-refractivity contribution in [3.63, 3.8) is 0 Å². The lowest BCUT2D eigenvalue weighted by Gasteiger charge is -2.36. The van der Waals surface area contributed by atoms with E-state index < -0.39 is 15.4 Å². The van der Waals surface area contributed by atoms with Gasteiger partial charge < -0.3 is 5.11 Å². The predicted octanol–water partition coefficient (Wildman–Crippen LogP) is 1.88. The van der Waals surface area contributed by atoms with Gasteiger partial charge in [-0.1, -0.05) is 30.3 Å². The summed E-state index contributed by atoms with van der Waals surface area (Å²) in [6, 6.07) is 11.5. The summed E-state index contributed by atoms with van der Waals surface area (Å²) in [4.78, 5) is 0. The average molecular weight is 375 g/mol. The Labute approximate surface area is 154 Å². The summed E-state index contributed by atoms with van der Waals surface area (Å²) >= 11 is 0. The molecule has 1 aromatic carbocycles. The van der Waals surface area contributed by atoms with Crippen LogP contribution in [0.4, 0.5) is 0 Å². The monoisotopic (exact) mass is 375 g/mol. The summed E-state index contributed by atoms with van der Waals surface area (Å²) in [6.07, 6.45) is 3.06. The summed E-state index contributed by atoms with van der Waals surface area (Å²) in [5.41, 5.74) is 1.42. The standard InChI is InChI=1S/C19H25N3O3S/c1-14-10-18(21(2)20-14)26(24,25)22-16-8-9-17(22)19(12-16,13-23)11-15-6-4-3-5-7-15/h3-7,10,16-17,23H,8-9,11-13H2,1-2H3/t16-,17+,19-/m0/s1. The molecule has 26 heavy (non-hydrogen) atoms. The van der Waals surface area contributed by atoms with Crippen LogP contribution >= 0.6 is 0 Å². The summed E-state index contributed by atoms with van der Waals surface area (Å²) < 4.78 is 29.9. The molecule has 0 spiro atoms. The van der Waals surface area contributed by atoms with Gasteiger partial charge in [-0.15, -0.1) is 0 Å². The molecule has 2 saturated heterocycles. The third-order valence-electron chi connectivity index (χ3n) is 6.00. The first-order chi connectivity index (χ1) is 12.4. The molecule has 2 bridgehead atoms. The first-order valence-electron chi connectivity index (χ1n) is 9.06. The zero-order valence-electron chi connectivity index (χ0n) is 15.2. The van der Waals surface area contributed by atoms with Crippen LogP contribution in [0.5, 0.6) is 0 Å². The van der Waals surface area contributed by atoms with Gasteiger partial charge >= 0.3 is 0 Å². The number of aryl methyl sites for hydroxylation is 2. The molecule has 0 unspecified atom stereocenters. The second-order valence-corrected chi connectivity index (χ2v) is 9.51. The lowest BCUT2D eigenvalue weighted by atomic mass is 9.70. The van der Waals surface area contributed by atoms with E-state index in [1.165, 1.54) is 4.68 Å². The van der Waals surface area contributed by atoms with Crippen molar-refractivity contribution >= 4 is 10.0 Å². The summed E-state index contributed by atoms with van der Waals surface area (Å²) in [5, 5.41) is 14.7. The molecule has 1 N–H and O–H groups in total. The minimum Gasteiger partial charge on any atom is -0.396 e. The molecule has 2 fully saturated rings.